The zero-order chi connectivity index (χ0) is 43.1. The Hall–Kier alpha value is -5.48. The number of carbonyl (C=O) groups is 1. The van der Waals surface area contributed by atoms with Gasteiger partial charge in [-0.15, -0.1) is 0 Å². The maximum atomic E-state index is 13.5. The van der Waals surface area contributed by atoms with E-state index in [-0.39, 0.29) is 71.7 Å². The van der Waals surface area contributed by atoms with Crippen molar-refractivity contribution < 1.29 is 35.8 Å². The first-order chi connectivity index (χ1) is 28.5. The number of pyridine rings is 3. The predicted molar refractivity (Wildman–Crippen MR) is 232 cm³/mol. The maximum Gasteiger partial charge on any atom is 0.262 e. The van der Waals surface area contributed by atoms with E-state index in [0.717, 1.165) is 0 Å². The minimum Gasteiger partial charge on any atom is -0.491 e. The van der Waals surface area contributed by atoms with E-state index in [1.165, 1.54) is 48.9 Å². The topological polar surface area (TPSA) is 176 Å². The van der Waals surface area contributed by atoms with Crippen LogP contribution in [0.5, 0.6) is 23.3 Å². The molecule has 0 saturated carbocycles. The number of rotatable bonds is 17. The average molecular weight is 893 g/mol. The average Bonchev–Trinajstić information content (AvgIpc) is 3.21. The molecule has 17 heteroatoms. The second kappa shape index (κ2) is 18.8. The number of hydrogen-bond donors (Lipinski definition) is 2. The van der Waals surface area contributed by atoms with Crippen LogP contribution in [0.1, 0.15) is 63.0 Å². The zero-order valence-corrected chi connectivity index (χ0v) is 36.3. The monoisotopic (exact) mass is 891 g/mol. The minimum atomic E-state index is -4.04. The number of halogens is 2. The number of ketones is 1. The number of benzene rings is 2. The van der Waals surface area contributed by atoms with Gasteiger partial charge >= 0.3 is 0 Å². The summed E-state index contributed by atoms with van der Waals surface area (Å²) in [5.41, 5.74) is 0.0406. The van der Waals surface area contributed by atoms with Crippen molar-refractivity contribution in [1.82, 2.24) is 15.0 Å². The maximum absolute atomic E-state index is 13.5. The highest BCUT2D eigenvalue weighted by Gasteiger charge is 2.28. The van der Waals surface area contributed by atoms with Gasteiger partial charge in [0.05, 0.1) is 38.2 Å². The van der Waals surface area contributed by atoms with Crippen molar-refractivity contribution in [3.05, 3.63) is 142 Å². The van der Waals surface area contributed by atoms with Crippen molar-refractivity contribution in [2.45, 2.75) is 58.0 Å². The number of aromatic nitrogens is 3. The summed E-state index contributed by atoms with van der Waals surface area (Å²) in [5, 5.41) is 0.381. The molecular formula is C43H43Cl2N5O8S2. The van der Waals surface area contributed by atoms with E-state index in [1.54, 1.807) is 54.6 Å². The highest BCUT2D eigenvalue weighted by molar-refractivity contribution is 7.96. The molecule has 60 heavy (non-hydrogen) atoms. The van der Waals surface area contributed by atoms with Crippen LogP contribution in [0.15, 0.2) is 125 Å². The van der Waals surface area contributed by atoms with Gasteiger partial charge in [0.25, 0.3) is 20.0 Å². The lowest BCUT2D eigenvalue weighted by atomic mass is 9.77. The van der Waals surface area contributed by atoms with Crippen molar-refractivity contribution in [2.24, 2.45) is 11.3 Å². The smallest absolute Gasteiger partial charge is 0.262 e. The summed E-state index contributed by atoms with van der Waals surface area (Å²) in [6.07, 6.45) is 10.6. The molecule has 13 nitrogen and oxygen atoms in total. The molecule has 2 N–H and O–H groups in total. The van der Waals surface area contributed by atoms with Crippen molar-refractivity contribution in [3.8, 4) is 23.3 Å². The molecule has 2 atom stereocenters. The summed E-state index contributed by atoms with van der Waals surface area (Å²) in [6, 6.07) is 20.6. The molecule has 1 aliphatic carbocycles. The molecule has 0 spiro atoms. The fourth-order valence-corrected chi connectivity index (χ4v) is 8.50. The number of carbonyl (C=O) groups excluding carboxylic acids is 1. The van der Waals surface area contributed by atoms with Crippen LogP contribution in [0.25, 0.3) is 0 Å². The first-order valence-corrected chi connectivity index (χ1v) is 22.6. The van der Waals surface area contributed by atoms with Crippen LogP contribution in [-0.2, 0) is 20.0 Å². The van der Waals surface area contributed by atoms with Crippen molar-refractivity contribution in [2.75, 3.05) is 16.1 Å². The molecular weight excluding hydrogens is 850 g/mol. The number of anilines is 2. The molecule has 3 heterocycles. The summed E-state index contributed by atoms with van der Waals surface area (Å²) >= 11 is 12.3. The van der Waals surface area contributed by atoms with E-state index < -0.39 is 25.8 Å². The summed E-state index contributed by atoms with van der Waals surface area (Å²) in [7, 11) is -8.07. The van der Waals surface area contributed by atoms with Gasteiger partial charge in [0.15, 0.2) is 0 Å². The molecule has 0 fully saturated rings. The number of nitrogens with one attached hydrogen (secondary N) is 2. The van der Waals surface area contributed by atoms with E-state index >= 15 is 0 Å². The second-order valence-electron chi connectivity index (χ2n) is 15.0. The molecule has 0 bridgehead atoms. The minimum absolute atomic E-state index is 0.00386. The number of nitrogens with zero attached hydrogens (tertiary/aromatic N) is 3. The van der Waals surface area contributed by atoms with Gasteiger partial charge in [-0.3, -0.25) is 14.2 Å². The van der Waals surface area contributed by atoms with Crippen LogP contribution in [0.3, 0.4) is 0 Å². The van der Waals surface area contributed by atoms with Gasteiger partial charge in [0, 0.05) is 30.2 Å². The highest BCUT2D eigenvalue weighted by atomic mass is 35.5. The van der Waals surface area contributed by atoms with E-state index in [9.17, 15) is 21.6 Å². The molecule has 2 aromatic carbocycles. The van der Waals surface area contributed by atoms with Gasteiger partial charge in [0.1, 0.15) is 22.9 Å². The molecule has 5 aromatic rings. The van der Waals surface area contributed by atoms with Crippen LogP contribution in [0, 0.1) is 11.3 Å². The standard InChI is InChI=1S/C43H43Cl2N5O8S2/c1-28(57-34-15-19-36(20-16-34)60(54,55)50-38-24-32(45)27-48-42(38)58-33-10-6-5-7-11-33)9-8-22-56-39-21-12-29(25-46-39)41(51)40-37(23-31(44)26-47-40)49-59(52,53)35-17-13-30(14-18-35)43(2,3)4/h5-7,10-13,15-21,23-28,30,49-50H,8-9,14,22H2,1-4H3. The Morgan fingerprint density at radius 2 is 1.52 bits per heavy atom. The number of para-hydroxylation sites is 1. The number of allylic oxidation sites excluding steroid dienone is 3. The normalized spacial score (nSPS) is 14.8. The Kier molecular flexibility index (Phi) is 13.8. The van der Waals surface area contributed by atoms with Crippen LogP contribution < -0.4 is 23.7 Å². The molecule has 2 unspecified atom stereocenters. The van der Waals surface area contributed by atoms with Gasteiger partial charge in [-0.05, 0) is 98.2 Å². The fourth-order valence-electron chi connectivity index (χ4n) is 6.00. The van der Waals surface area contributed by atoms with Crippen LogP contribution in [0.2, 0.25) is 10.0 Å². The van der Waals surface area contributed by atoms with Gasteiger partial charge < -0.3 is 14.2 Å². The van der Waals surface area contributed by atoms with Gasteiger partial charge in [-0.2, -0.15) is 0 Å². The predicted octanol–water partition coefficient (Wildman–Crippen LogP) is 9.88. The molecule has 3 aromatic heterocycles. The van der Waals surface area contributed by atoms with Crippen molar-refractivity contribution in [1.29, 1.82) is 0 Å². The Balaban J connectivity index is 0.984. The molecule has 1 aliphatic rings. The van der Waals surface area contributed by atoms with Gasteiger partial charge in [-0.25, -0.2) is 31.8 Å². The SMILES string of the molecule is CC(CCCOc1ccc(C(=O)c2ncc(Cl)cc2NS(=O)(=O)C2=CCC(C(C)(C)C)C=C2)cn1)Oc1ccc(S(=O)(=O)Nc2cc(Cl)cnc2Oc2ccccc2)cc1. The quantitative estimate of drug-likeness (QED) is 0.0671. The molecule has 6 rings (SSSR count). The van der Waals surface area contributed by atoms with Gasteiger partial charge in [-0.1, -0.05) is 74.3 Å². The Bertz CT molecular complexity index is 2600. The lowest BCUT2D eigenvalue weighted by Gasteiger charge is -2.29. The molecule has 0 amide bonds. The van der Waals surface area contributed by atoms with E-state index in [0.29, 0.717) is 37.4 Å². The first kappa shape index (κ1) is 44.1. The summed E-state index contributed by atoms with van der Waals surface area (Å²) in [6.45, 7) is 8.48. The first-order valence-electron chi connectivity index (χ1n) is 18.8. The Morgan fingerprint density at radius 3 is 2.17 bits per heavy atom. The van der Waals surface area contributed by atoms with Crippen molar-refractivity contribution >= 4 is 60.4 Å². The van der Waals surface area contributed by atoms with Gasteiger partial charge in [0.2, 0.25) is 17.5 Å². The van der Waals surface area contributed by atoms with E-state index in [4.69, 9.17) is 37.4 Å². The largest absolute Gasteiger partial charge is 0.491 e. The van der Waals surface area contributed by atoms with E-state index in [1.807, 2.05) is 19.1 Å². The molecule has 314 valence electrons. The number of sulfonamides is 2. The third-order valence-electron chi connectivity index (χ3n) is 9.30. The summed E-state index contributed by atoms with van der Waals surface area (Å²) < 4.78 is 75.7. The third kappa shape index (κ3) is 11.6. The number of ether oxygens (including phenoxy) is 3. The lowest BCUT2D eigenvalue weighted by Crippen LogP contribution is -2.22. The summed E-state index contributed by atoms with van der Waals surface area (Å²) in [4.78, 5) is 26.1. The van der Waals surface area contributed by atoms with Crippen LogP contribution in [0.4, 0.5) is 11.4 Å². The molecule has 0 aliphatic heterocycles. The third-order valence-corrected chi connectivity index (χ3v) is 12.5. The lowest BCUT2D eigenvalue weighted by molar-refractivity contribution is 0.103. The van der Waals surface area contributed by atoms with Crippen LogP contribution >= 0.6 is 23.2 Å². The number of hydrogen-bond acceptors (Lipinski definition) is 11. The van der Waals surface area contributed by atoms with Crippen molar-refractivity contribution in [3.63, 3.8) is 0 Å². The fraction of sp³-hybridized carbons (Fsp3) is 0.256. The Morgan fingerprint density at radius 1 is 0.833 bits per heavy atom. The molecule has 0 saturated heterocycles. The zero-order valence-electron chi connectivity index (χ0n) is 33.1. The highest BCUT2D eigenvalue weighted by Crippen LogP contribution is 2.35. The van der Waals surface area contributed by atoms with Crippen LogP contribution in [-0.4, -0.2) is 50.3 Å². The second-order valence-corrected chi connectivity index (χ2v) is 19.2. The van der Waals surface area contributed by atoms with E-state index in [2.05, 4.69) is 45.2 Å². The Labute approximate surface area is 360 Å². The molecule has 0 radical (unpaired) electrons. The summed E-state index contributed by atoms with van der Waals surface area (Å²) in [5.74, 6) is 0.909.